The molecule has 158 valence electrons. The summed E-state index contributed by atoms with van der Waals surface area (Å²) in [5.41, 5.74) is 6.13. The van der Waals surface area contributed by atoms with E-state index in [1.165, 1.54) is 12.1 Å². The number of allylic oxidation sites excluding steroid dienone is 1. The average Bonchev–Trinajstić information content (AvgIpc) is 2.73. The second-order valence-electron chi connectivity index (χ2n) is 7.12. The number of rotatable bonds is 6. The molecule has 3 rings (SSSR count). The second kappa shape index (κ2) is 9.63. The van der Waals surface area contributed by atoms with Gasteiger partial charge in [0, 0.05) is 6.08 Å². The zero-order chi connectivity index (χ0) is 22.5. The lowest BCUT2D eigenvalue weighted by atomic mass is 9.86. The van der Waals surface area contributed by atoms with E-state index in [1.54, 1.807) is 24.3 Å². The summed E-state index contributed by atoms with van der Waals surface area (Å²) >= 11 is 6.40. The Labute approximate surface area is 185 Å². The Morgan fingerprint density at radius 3 is 2.29 bits per heavy atom. The molecule has 3 aromatic rings. The summed E-state index contributed by atoms with van der Waals surface area (Å²) in [6.07, 6.45) is 3.28. The zero-order valence-electron chi connectivity index (χ0n) is 17.2. The van der Waals surface area contributed by atoms with Crippen molar-refractivity contribution in [3.8, 4) is 5.75 Å². The van der Waals surface area contributed by atoms with Crippen LogP contribution in [0.1, 0.15) is 41.2 Å². The molecule has 31 heavy (non-hydrogen) atoms. The van der Waals surface area contributed by atoms with Gasteiger partial charge in [-0.2, -0.15) is 0 Å². The van der Waals surface area contributed by atoms with Gasteiger partial charge < -0.3 is 10.2 Å². The number of phenolic OH excluding ortho intramolecular Hbond substituents is 1. The first kappa shape index (κ1) is 22.3. The van der Waals surface area contributed by atoms with Gasteiger partial charge in [-0.05, 0) is 82.6 Å². The number of carboxylic acid groups (broad SMARTS) is 1. The molecule has 0 aliphatic rings. The minimum Gasteiger partial charge on any atom is -0.508 e. The largest absolute Gasteiger partial charge is 0.508 e. The molecule has 0 aromatic heterocycles. The molecule has 0 saturated carbocycles. The summed E-state index contributed by atoms with van der Waals surface area (Å²) in [5, 5.41) is 19.0. The highest BCUT2D eigenvalue weighted by Crippen LogP contribution is 2.39. The van der Waals surface area contributed by atoms with Gasteiger partial charge in [-0.3, -0.25) is 0 Å². The lowest BCUT2D eigenvalue weighted by molar-refractivity contribution is -0.131. The maximum atomic E-state index is 13.7. The predicted octanol–water partition coefficient (Wildman–Crippen LogP) is 6.96. The fourth-order valence-electron chi connectivity index (χ4n) is 3.60. The van der Waals surface area contributed by atoms with Crippen molar-refractivity contribution in [3.05, 3.63) is 105 Å². The second-order valence-corrected chi connectivity index (χ2v) is 7.53. The van der Waals surface area contributed by atoms with Crippen molar-refractivity contribution in [3.63, 3.8) is 0 Å². The van der Waals surface area contributed by atoms with Gasteiger partial charge in [0.05, 0.1) is 5.02 Å². The third-order valence-electron chi connectivity index (χ3n) is 5.01. The Kier molecular flexibility index (Phi) is 6.93. The van der Waals surface area contributed by atoms with E-state index in [1.807, 2.05) is 44.2 Å². The third kappa shape index (κ3) is 5.22. The highest BCUT2D eigenvalue weighted by Gasteiger charge is 2.17. The molecule has 0 saturated heterocycles. The van der Waals surface area contributed by atoms with Gasteiger partial charge >= 0.3 is 5.97 Å². The number of hydrogen-bond donors (Lipinski definition) is 2. The minimum atomic E-state index is -1.01. The van der Waals surface area contributed by atoms with Crippen LogP contribution in [0, 0.1) is 12.7 Å². The predicted molar refractivity (Wildman–Crippen MR) is 124 cm³/mol. The van der Waals surface area contributed by atoms with E-state index < -0.39 is 11.8 Å². The standard InChI is InChI=1S/C26H22ClFO3/c1-3-21(23-12-8-19(28)15-24(23)27)26(18-6-9-20(29)10-7-18)22-11-4-17(14-16(22)2)5-13-25(30)31/h4-15,29H,3H2,1-2H3,(H,30,31)/b13-5+,26-21-. The van der Waals surface area contributed by atoms with Crippen LogP contribution in [0.5, 0.6) is 5.75 Å². The average molecular weight is 437 g/mol. The quantitative estimate of drug-likeness (QED) is 0.324. The number of hydrogen-bond acceptors (Lipinski definition) is 2. The van der Waals surface area contributed by atoms with Crippen LogP contribution in [0.15, 0.2) is 66.7 Å². The first-order valence-electron chi connectivity index (χ1n) is 9.80. The molecule has 0 aliphatic heterocycles. The molecule has 0 fully saturated rings. The zero-order valence-corrected chi connectivity index (χ0v) is 17.9. The molecule has 0 heterocycles. The summed E-state index contributed by atoms with van der Waals surface area (Å²) in [5.74, 6) is -1.25. The van der Waals surface area contributed by atoms with Gasteiger partial charge in [0.25, 0.3) is 0 Å². The van der Waals surface area contributed by atoms with Crippen molar-refractivity contribution in [2.24, 2.45) is 0 Å². The molecule has 5 heteroatoms. The Hall–Kier alpha value is -3.37. The Balaban J connectivity index is 2.28. The molecule has 3 aromatic carbocycles. The first-order valence-corrected chi connectivity index (χ1v) is 10.2. The molecule has 0 aliphatic carbocycles. The molecule has 0 bridgehead atoms. The molecular weight excluding hydrogens is 415 g/mol. The van der Waals surface area contributed by atoms with E-state index in [4.69, 9.17) is 16.7 Å². The number of benzene rings is 3. The van der Waals surface area contributed by atoms with E-state index in [0.717, 1.165) is 45.0 Å². The minimum absolute atomic E-state index is 0.159. The molecule has 0 unspecified atom stereocenters. The van der Waals surface area contributed by atoms with Gasteiger partial charge in [0.2, 0.25) is 0 Å². The smallest absolute Gasteiger partial charge is 0.328 e. The number of phenols is 1. The van der Waals surface area contributed by atoms with Gasteiger partial charge in [0.15, 0.2) is 0 Å². The highest BCUT2D eigenvalue weighted by atomic mass is 35.5. The van der Waals surface area contributed by atoms with Crippen LogP contribution in [0.25, 0.3) is 17.2 Å². The van der Waals surface area contributed by atoms with Crippen molar-refractivity contribution in [2.45, 2.75) is 20.3 Å². The molecule has 0 atom stereocenters. The van der Waals surface area contributed by atoms with Gasteiger partial charge in [0.1, 0.15) is 11.6 Å². The van der Waals surface area contributed by atoms with Crippen LogP contribution in [-0.4, -0.2) is 16.2 Å². The van der Waals surface area contributed by atoms with Crippen LogP contribution in [0.4, 0.5) is 4.39 Å². The lowest BCUT2D eigenvalue weighted by Crippen LogP contribution is -1.98. The van der Waals surface area contributed by atoms with Crippen molar-refractivity contribution in [1.82, 2.24) is 0 Å². The summed E-state index contributed by atoms with van der Waals surface area (Å²) in [6, 6.07) is 17.0. The van der Waals surface area contributed by atoms with Crippen LogP contribution in [-0.2, 0) is 4.79 Å². The van der Waals surface area contributed by atoms with Crippen molar-refractivity contribution in [2.75, 3.05) is 0 Å². The van der Waals surface area contributed by atoms with Gasteiger partial charge in [-0.1, -0.05) is 54.9 Å². The molecule has 2 N–H and O–H groups in total. The van der Waals surface area contributed by atoms with Gasteiger partial charge in [-0.25, -0.2) is 9.18 Å². The topological polar surface area (TPSA) is 57.5 Å². The first-order chi connectivity index (χ1) is 14.8. The molecule has 0 spiro atoms. The monoisotopic (exact) mass is 436 g/mol. The van der Waals surface area contributed by atoms with Crippen LogP contribution in [0.2, 0.25) is 5.02 Å². The van der Waals surface area contributed by atoms with Crippen molar-refractivity contribution < 1.29 is 19.4 Å². The normalized spacial score (nSPS) is 12.1. The van der Waals surface area contributed by atoms with Crippen LogP contribution >= 0.6 is 11.6 Å². The summed E-state index contributed by atoms with van der Waals surface area (Å²) in [4.78, 5) is 10.8. The third-order valence-corrected chi connectivity index (χ3v) is 5.32. The number of aromatic hydroxyl groups is 1. The van der Waals surface area contributed by atoms with Crippen molar-refractivity contribution in [1.29, 1.82) is 0 Å². The summed E-state index contributed by atoms with van der Waals surface area (Å²) < 4.78 is 13.7. The van der Waals surface area contributed by atoms with Crippen LogP contribution in [0.3, 0.4) is 0 Å². The van der Waals surface area contributed by atoms with E-state index in [2.05, 4.69) is 0 Å². The fourth-order valence-corrected chi connectivity index (χ4v) is 3.88. The van der Waals surface area contributed by atoms with E-state index >= 15 is 0 Å². The lowest BCUT2D eigenvalue weighted by Gasteiger charge is -2.19. The van der Waals surface area contributed by atoms with Crippen molar-refractivity contribution >= 4 is 34.8 Å². The number of aliphatic carboxylic acids is 1. The number of aryl methyl sites for hydroxylation is 1. The maximum Gasteiger partial charge on any atom is 0.328 e. The summed E-state index contributed by atoms with van der Waals surface area (Å²) in [7, 11) is 0. The van der Waals surface area contributed by atoms with Crippen LogP contribution < -0.4 is 0 Å². The number of carboxylic acids is 1. The van der Waals surface area contributed by atoms with E-state index in [0.29, 0.717) is 11.4 Å². The Bertz CT molecular complexity index is 1180. The summed E-state index contributed by atoms with van der Waals surface area (Å²) in [6.45, 7) is 3.96. The molecule has 3 nitrogen and oxygen atoms in total. The SMILES string of the molecule is CC/C(=C(\c1ccc(O)cc1)c1ccc(/C=C/C(=O)O)cc1C)c1ccc(F)cc1Cl. The maximum absolute atomic E-state index is 13.7. The highest BCUT2D eigenvalue weighted by molar-refractivity contribution is 6.32. The van der Waals surface area contributed by atoms with E-state index in [9.17, 15) is 14.3 Å². The molecule has 0 amide bonds. The Morgan fingerprint density at radius 2 is 1.71 bits per heavy atom. The molecule has 0 radical (unpaired) electrons. The Morgan fingerprint density at radius 1 is 1.03 bits per heavy atom. The number of carbonyl (C=O) groups is 1. The van der Waals surface area contributed by atoms with Gasteiger partial charge in [-0.15, -0.1) is 0 Å². The number of halogens is 2. The molecular formula is C26H22ClFO3. The fraction of sp³-hybridized carbons (Fsp3) is 0.115. The van der Waals surface area contributed by atoms with E-state index in [-0.39, 0.29) is 5.75 Å².